The van der Waals surface area contributed by atoms with Crippen LogP contribution in [0.15, 0.2) is 42.6 Å². The van der Waals surface area contributed by atoms with Crippen molar-refractivity contribution >= 4 is 6.09 Å². The third-order valence-electron chi connectivity index (χ3n) is 3.18. The van der Waals surface area contributed by atoms with E-state index in [1.54, 1.807) is 12.3 Å². The molecular formula is C17H23NO4. The fourth-order valence-corrected chi connectivity index (χ4v) is 2.08. The number of carbonyl (C=O) groups excluding carboxylic acids is 1. The van der Waals surface area contributed by atoms with Gasteiger partial charge in [0.1, 0.15) is 5.60 Å². The molecule has 2 atom stereocenters. The molecule has 0 aliphatic carbocycles. The highest BCUT2D eigenvalue weighted by Gasteiger charge is 2.29. The zero-order valence-electron chi connectivity index (χ0n) is 13.2. The van der Waals surface area contributed by atoms with Gasteiger partial charge >= 0.3 is 6.09 Å². The van der Waals surface area contributed by atoms with Crippen LogP contribution >= 0.6 is 0 Å². The van der Waals surface area contributed by atoms with E-state index >= 15 is 0 Å². The molecular weight excluding hydrogens is 282 g/mol. The molecule has 1 aliphatic rings. The number of nitrogens with zero attached hydrogens (tertiary/aromatic N) is 1. The van der Waals surface area contributed by atoms with Crippen LogP contribution in [0.5, 0.6) is 0 Å². The molecule has 0 spiro atoms. The Morgan fingerprint density at radius 1 is 1.36 bits per heavy atom. The number of aliphatic hydroxyl groups is 1. The van der Waals surface area contributed by atoms with Crippen molar-refractivity contribution in [3.63, 3.8) is 0 Å². The highest BCUT2D eigenvalue weighted by atomic mass is 16.6. The number of hydrogen-bond donors (Lipinski definition) is 1. The van der Waals surface area contributed by atoms with Crippen molar-refractivity contribution in [2.75, 3.05) is 6.54 Å². The normalized spacial score (nSPS) is 19.3. The van der Waals surface area contributed by atoms with E-state index in [1.165, 1.54) is 4.90 Å². The van der Waals surface area contributed by atoms with Crippen LogP contribution in [0.25, 0.3) is 0 Å². The van der Waals surface area contributed by atoms with Crippen molar-refractivity contribution in [2.24, 2.45) is 5.92 Å². The van der Waals surface area contributed by atoms with Gasteiger partial charge < -0.3 is 14.6 Å². The van der Waals surface area contributed by atoms with E-state index in [1.807, 2.05) is 51.1 Å². The third kappa shape index (κ3) is 4.86. The lowest BCUT2D eigenvalue weighted by Crippen LogP contribution is -2.35. The maximum absolute atomic E-state index is 11.9. The van der Waals surface area contributed by atoms with E-state index in [0.717, 1.165) is 5.56 Å². The van der Waals surface area contributed by atoms with Crippen molar-refractivity contribution in [3.05, 3.63) is 48.2 Å². The van der Waals surface area contributed by atoms with Gasteiger partial charge in [0.05, 0.1) is 6.61 Å². The van der Waals surface area contributed by atoms with Crippen molar-refractivity contribution in [3.8, 4) is 0 Å². The molecule has 0 saturated heterocycles. The molecule has 5 nitrogen and oxygen atoms in total. The first-order valence-corrected chi connectivity index (χ1v) is 7.37. The van der Waals surface area contributed by atoms with Crippen LogP contribution in [-0.2, 0) is 16.1 Å². The van der Waals surface area contributed by atoms with Gasteiger partial charge in [-0.2, -0.15) is 0 Å². The Kier molecular flexibility index (Phi) is 5.21. The summed E-state index contributed by atoms with van der Waals surface area (Å²) in [7, 11) is 0. The molecule has 0 aromatic heterocycles. The van der Waals surface area contributed by atoms with Gasteiger partial charge in [-0.3, -0.25) is 4.90 Å². The first-order chi connectivity index (χ1) is 10.3. The van der Waals surface area contributed by atoms with Crippen molar-refractivity contribution < 1.29 is 19.4 Å². The number of benzene rings is 1. The molecule has 2 unspecified atom stereocenters. The van der Waals surface area contributed by atoms with Crippen LogP contribution in [0.1, 0.15) is 26.3 Å². The number of hydrogen-bond acceptors (Lipinski definition) is 4. The minimum atomic E-state index is -0.955. The Bertz CT molecular complexity index is 521. The molecule has 1 amide bonds. The van der Waals surface area contributed by atoms with Crippen LogP contribution < -0.4 is 0 Å². The minimum Gasteiger partial charge on any atom is -0.443 e. The fraction of sp³-hybridized carbons (Fsp3) is 0.471. The fourth-order valence-electron chi connectivity index (χ4n) is 2.08. The number of ether oxygens (including phenoxy) is 2. The van der Waals surface area contributed by atoms with Gasteiger partial charge in [0.15, 0.2) is 6.29 Å². The Morgan fingerprint density at radius 2 is 2.05 bits per heavy atom. The molecule has 0 saturated carbocycles. The molecule has 5 heteroatoms. The largest absolute Gasteiger partial charge is 0.443 e. The molecule has 1 N–H and O–H groups in total. The summed E-state index contributed by atoms with van der Waals surface area (Å²) in [6.07, 6.45) is 2.03. The summed E-state index contributed by atoms with van der Waals surface area (Å²) in [5.74, 6) is -0.253. The predicted octanol–water partition coefficient (Wildman–Crippen LogP) is 2.90. The van der Waals surface area contributed by atoms with Gasteiger partial charge in [0.25, 0.3) is 0 Å². The first kappa shape index (κ1) is 16.5. The molecule has 0 fully saturated rings. The molecule has 22 heavy (non-hydrogen) atoms. The van der Waals surface area contributed by atoms with Crippen molar-refractivity contribution in [1.82, 2.24) is 4.90 Å². The maximum atomic E-state index is 11.9. The average Bonchev–Trinajstić information content (AvgIpc) is 2.94. The van der Waals surface area contributed by atoms with Gasteiger partial charge in [0, 0.05) is 18.7 Å². The topological polar surface area (TPSA) is 59.0 Å². The van der Waals surface area contributed by atoms with E-state index in [0.29, 0.717) is 13.2 Å². The zero-order valence-corrected chi connectivity index (χ0v) is 13.2. The lowest BCUT2D eigenvalue weighted by Gasteiger charge is -2.24. The molecule has 120 valence electrons. The Labute approximate surface area is 131 Å². The maximum Gasteiger partial charge on any atom is 0.414 e. The molecule has 1 aliphatic heterocycles. The standard InChI is InChI=1S/C17H23NO4/c1-17(2,3)22-16(20)18-10-9-14(11-18)15(19)21-12-13-7-5-4-6-8-13/h4-10,14-15,19H,11-12H2,1-3H3. The summed E-state index contributed by atoms with van der Waals surface area (Å²) in [6.45, 7) is 6.14. The minimum absolute atomic E-state index is 0.253. The predicted molar refractivity (Wildman–Crippen MR) is 82.8 cm³/mol. The Hall–Kier alpha value is -1.85. The second-order valence-electron chi connectivity index (χ2n) is 6.33. The van der Waals surface area contributed by atoms with E-state index in [4.69, 9.17) is 9.47 Å². The summed E-state index contributed by atoms with van der Waals surface area (Å²) in [4.78, 5) is 13.4. The van der Waals surface area contributed by atoms with E-state index in [-0.39, 0.29) is 5.92 Å². The Balaban J connectivity index is 1.80. The smallest absolute Gasteiger partial charge is 0.414 e. The van der Waals surface area contributed by atoms with Gasteiger partial charge in [-0.15, -0.1) is 0 Å². The summed E-state index contributed by atoms with van der Waals surface area (Å²) in [5.41, 5.74) is 0.457. The molecule has 1 heterocycles. The monoisotopic (exact) mass is 305 g/mol. The van der Waals surface area contributed by atoms with Crippen molar-refractivity contribution in [1.29, 1.82) is 0 Å². The van der Waals surface area contributed by atoms with Gasteiger partial charge in [0.2, 0.25) is 0 Å². The van der Waals surface area contributed by atoms with Crippen LogP contribution in [0.2, 0.25) is 0 Å². The van der Waals surface area contributed by atoms with Gasteiger partial charge in [-0.25, -0.2) is 4.79 Å². The number of carbonyl (C=O) groups is 1. The molecule has 1 aromatic rings. The molecule has 2 rings (SSSR count). The second-order valence-corrected chi connectivity index (χ2v) is 6.33. The lowest BCUT2D eigenvalue weighted by molar-refractivity contribution is -0.131. The SMILES string of the molecule is CC(C)(C)OC(=O)N1C=CC(C(O)OCc2ccccc2)C1. The third-order valence-corrected chi connectivity index (χ3v) is 3.18. The first-order valence-electron chi connectivity index (χ1n) is 7.37. The summed E-state index contributed by atoms with van der Waals surface area (Å²) < 4.78 is 10.8. The van der Waals surface area contributed by atoms with Crippen molar-refractivity contribution in [2.45, 2.75) is 39.3 Å². The van der Waals surface area contributed by atoms with Crippen LogP contribution in [0, 0.1) is 5.92 Å². The summed E-state index contributed by atoms with van der Waals surface area (Å²) in [6, 6.07) is 9.64. The summed E-state index contributed by atoms with van der Waals surface area (Å²) in [5, 5.41) is 10.1. The van der Waals surface area contributed by atoms with Crippen LogP contribution in [0.4, 0.5) is 4.79 Å². The summed E-state index contributed by atoms with van der Waals surface area (Å²) >= 11 is 0. The lowest BCUT2D eigenvalue weighted by atomic mass is 10.1. The average molecular weight is 305 g/mol. The highest BCUT2D eigenvalue weighted by Crippen LogP contribution is 2.20. The molecule has 0 bridgehead atoms. The van der Waals surface area contributed by atoms with E-state index in [2.05, 4.69) is 0 Å². The van der Waals surface area contributed by atoms with Crippen LogP contribution in [-0.4, -0.2) is 34.5 Å². The number of amides is 1. The van der Waals surface area contributed by atoms with E-state index in [9.17, 15) is 9.90 Å². The number of rotatable bonds is 4. The van der Waals surface area contributed by atoms with Gasteiger partial charge in [-0.05, 0) is 26.3 Å². The van der Waals surface area contributed by atoms with E-state index < -0.39 is 18.0 Å². The number of aliphatic hydroxyl groups excluding tert-OH is 1. The quantitative estimate of drug-likeness (QED) is 0.869. The highest BCUT2D eigenvalue weighted by molar-refractivity contribution is 5.70. The molecule has 1 aromatic carbocycles. The second kappa shape index (κ2) is 6.94. The van der Waals surface area contributed by atoms with Gasteiger partial charge in [-0.1, -0.05) is 36.4 Å². The van der Waals surface area contributed by atoms with Crippen LogP contribution in [0.3, 0.4) is 0 Å². The zero-order chi connectivity index (χ0) is 16.2. The molecule has 0 radical (unpaired) electrons. The Morgan fingerprint density at radius 3 is 2.68 bits per heavy atom.